The van der Waals surface area contributed by atoms with Crippen LogP contribution in [0.4, 0.5) is 0 Å². The largest absolute Gasteiger partial charge is 0.379 e. The summed E-state index contributed by atoms with van der Waals surface area (Å²) in [5.41, 5.74) is 6.14. The highest BCUT2D eigenvalue weighted by molar-refractivity contribution is 5.34. The van der Waals surface area contributed by atoms with E-state index in [0.717, 1.165) is 24.1 Å². The quantitative estimate of drug-likeness (QED) is 0.838. The summed E-state index contributed by atoms with van der Waals surface area (Å²) in [4.78, 5) is 0. The zero-order chi connectivity index (χ0) is 13.0. The molecular formula is C14H19N3O. The van der Waals surface area contributed by atoms with Gasteiger partial charge in [-0.2, -0.15) is 5.10 Å². The molecule has 0 aliphatic rings. The molecule has 1 heterocycles. The van der Waals surface area contributed by atoms with Crippen LogP contribution in [-0.4, -0.2) is 21.4 Å². The minimum Gasteiger partial charge on any atom is -0.379 e. The Morgan fingerprint density at radius 2 is 2.00 bits per heavy atom. The van der Waals surface area contributed by atoms with E-state index < -0.39 is 5.60 Å². The Kier molecular flexibility index (Phi) is 3.79. The second-order valence-corrected chi connectivity index (χ2v) is 4.42. The van der Waals surface area contributed by atoms with Gasteiger partial charge in [0.2, 0.25) is 0 Å². The number of rotatable bonds is 5. The molecule has 0 spiro atoms. The van der Waals surface area contributed by atoms with E-state index in [0.29, 0.717) is 0 Å². The van der Waals surface area contributed by atoms with Crippen LogP contribution in [0, 0.1) is 0 Å². The standard InChI is InChI=1S/C14H19N3O/c1-2-8-17-10-13(9-16-17)14(18,11-15)12-6-4-3-5-7-12/h3-7,9-10,18H,2,8,11,15H2,1H3. The first kappa shape index (κ1) is 12.8. The molecule has 4 nitrogen and oxygen atoms in total. The van der Waals surface area contributed by atoms with Gasteiger partial charge in [-0.3, -0.25) is 4.68 Å². The van der Waals surface area contributed by atoms with Gasteiger partial charge in [0.1, 0.15) is 5.60 Å². The Labute approximate surface area is 107 Å². The lowest BCUT2D eigenvalue weighted by atomic mass is 9.88. The summed E-state index contributed by atoms with van der Waals surface area (Å²) in [6.45, 7) is 3.07. The fourth-order valence-electron chi connectivity index (χ4n) is 2.04. The van der Waals surface area contributed by atoms with Crippen LogP contribution in [0.25, 0.3) is 0 Å². The molecule has 2 rings (SSSR count). The maximum Gasteiger partial charge on any atom is 0.130 e. The van der Waals surface area contributed by atoms with Crippen LogP contribution in [0.5, 0.6) is 0 Å². The first-order valence-corrected chi connectivity index (χ1v) is 6.21. The topological polar surface area (TPSA) is 64.1 Å². The van der Waals surface area contributed by atoms with E-state index >= 15 is 0 Å². The van der Waals surface area contributed by atoms with Crippen LogP contribution in [0.15, 0.2) is 42.7 Å². The lowest BCUT2D eigenvalue weighted by molar-refractivity contribution is 0.0901. The molecule has 1 aromatic carbocycles. The average molecular weight is 245 g/mol. The van der Waals surface area contributed by atoms with Gasteiger partial charge >= 0.3 is 0 Å². The van der Waals surface area contributed by atoms with Gasteiger partial charge in [0.25, 0.3) is 0 Å². The Morgan fingerprint density at radius 3 is 2.61 bits per heavy atom. The van der Waals surface area contributed by atoms with Crippen molar-refractivity contribution < 1.29 is 5.11 Å². The summed E-state index contributed by atoms with van der Waals surface area (Å²) in [6.07, 6.45) is 4.56. The number of hydrogen-bond acceptors (Lipinski definition) is 3. The molecule has 0 bridgehead atoms. The number of aryl methyl sites for hydroxylation is 1. The van der Waals surface area contributed by atoms with Crippen molar-refractivity contribution >= 4 is 0 Å². The second-order valence-electron chi connectivity index (χ2n) is 4.42. The Hall–Kier alpha value is -1.65. The van der Waals surface area contributed by atoms with Gasteiger partial charge in [-0.05, 0) is 12.0 Å². The highest BCUT2D eigenvalue weighted by Gasteiger charge is 2.31. The monoisotopic (exact) mass is 245 g/mol. The summed E-state index contributed by atoms with van der Waals surface area (Å²) >= 11 is 0. The van der Waals surface area contributed by atoms with E-state index in [9.17, 15) is 5.11 Å². The number of nitrogens with zero attached hydrogens (tertiary/aromatic N) is 2. The fourth-order valence-corrected chi connectivity index (χ4v) is 2.04. The predicted molar refractivity (Wildman–Crippen MR) is 71.0 cm³/mol. The van der Waals surface area contributed by atoms with Gasteiger partial charge in [-0.1, -0.05) is 37.3 Å². The van der Waals surface area contributed by atoms with Gasteiger partial charge in [0.05, 0.1) is 6.20 Å². The first-order chi connectivity index (χ1) is 8.70. The van der Waals surface area contributed by atoms with E-state index in [1.807, 2.05) is 41.2 Å². The molecule has 0 fully saturated rings. The fraction of sp³-hybridized carbons (Fsp3) is 0.357. The number of hydrogen-bond donors (Lipinski definition) is 2. The number of aromatic nitrogens is 2. The van der Waals surface area contributed by atoms with E-state index in [2.05, 4.69) is 12.0 Å². The summed E-state index contributed by atoms with van der Waals surface area (Å²) in [5, 5.41) is 15.0. The molecule has 3 N–H and O–H groups in total. The van der Waals surface area contributed by atoms with Gasteiger partial charge in [0, 0.05) is 24.8 Å². The van der Waals surface area contributed by atoms with Crippen molar-refractivity contribution in [3.05, 3.63) is 53.9 Å². The minimum absolute atomic E-state index is 0.134. The third kappa shape index (κ3) is 2.30. The van der Waals surface area contributed by atoms with Crippen molar-refractivity contribution in [2.45, 2.75) is 25.5 Å². The molecule has 4 heteroatoms. The van der Waals surface area contributed by atoms with Crippen molar-refractivity contribution in [2.24, 2.45) is 5.73 Å². The van der Waals surface area contributed by atoms with Crippen LogP contribution in [0.1, 0.15) is 24.5 Å². The average Bonchev–Trinajstić information content (AvgIpc) is 2.88. The normalized spacial score (nSPS) is 14.4. The van der Waals surface area contributed by atoms with Gasteiger partial charge in [-0.15, -0.1) is 0 Å². The molecule has 0 saturated carbocycles. The van der Waals surface area contributed by atoms with Crippen molar-refractivity contribution in [3.63, 3.8) is 0 Å². The third-order valence-corrected chi connectivity index (χ3v) is 3.11. The maximum absolute atomic E-state index is 10.8. The van der Waals surface area contributed by atoms with Crippen molar-refractivity contribution in [1.29, 1.82) is 0 Å². The molecule has 0 amide bonds. The van der Waals surface area contributed by atoms with E-state index in [4.69, 9.17) is 5.73 Å². The first-order valence-electron chi connectivity index (χ1n) is 6.21. The van der Waals surface area contributed by atoms with Crippen LogP contribution >= 0.6 is 0 Å². The molecule has 1 atom stereocenters. The van der Waals surface area contributed by atoms with Crippen LogP contribution in [0.2, 0.25) is 0 Å². The van der Waals surface area contributed by atoms with Crippen molar-refractivity contribution in [2.75, 3.05) is 6.54 Å². The number of benzene rings is 1. The van der Waals surface area contributed by atoms with Crippen molar-refractivity contribution in [3.8, 4) is 0 Å². The molecule has 0 radical (unpaired) electrons. The predicted octanol–water partition coefficient (Wildman–Crippen LogP) is 1.49. The van der Waals surface area contributed by atoms with E-state index in [1.54, 1.807) is 6.20 Å². The lowest BCUT2D eigenvalue weighted by Gasteiger charge is -2.25. The molecular weight excluding hydrogens is 226 g/mol. The molecule has 18 heavy (non-hydrogen) atoms. The molecule has 0 saturated heterocycles. The highest BCUT2D eigenvalue weighted by Crippen LogP contribution is 2.28. The third-order valence-electron chi connectivity index (χ3n) is 3.11. The maximum atomic E-state index is 10.8. The molecule has 96 valence electrons. The second kappa shape index (κ2) is 5.33. The zero-order valence-corrected chi connectivity index (χ0v) is 10.6. The minimum atomic E-state index is -1.16. The zero-order valence-electron chi connectivity index (χ0n) is 10.6. The van der Waals surface area contributed by atoms with Gasteiger partial charge < -0.3 is 10.8 Å². The molecule has 1 aromatic heterocycles. The molecule has 2 aromatic rings. The molecule has 0 aliphatic heterocycles. The molecule has 0 aliphatic carbocycles. The van der Waals surface area contributed by atoms with Crippen LogP contribution < -0.4 is 5.73 Å². The Morgan fingerprint density at radius 1 is 1.28 bits per heavy atom. The Bertz CT molecular complexity index is 495. The Balaban J connectivity index is 2.37. The number of nitrogens with two attached hydrogens (primary N) is 1. The summed E-state index contributed by atoms with van der Waals surface area (Å²) in [6, 6.07) is 9.47. The van der Waals surface area contributed by atoms with Crippen molar-refractivity contribution in [1.82, 2.24) is 9.78 Å². The number of aliphatic hydroxyl groups is 1. The molecule has 1 unspecified atom stereocenters. The van der Waals surface area contributed by atoms with Crippen LogP contribution in [-0.2, 0) is 12.1 Å². The summed E-state index contributed by atoms with van der Waals surface area (Å²) in [7, 11) is 0. The SMILES string of the molecule is CCCn1cc(C(O)(CN)c2ccccc2)cn1. The van der Waals surface area contributed by atoms with Gasteiger partial charge in [-0.25, -0.2) is 0 Å². The highest BCUT2D eigenvalue weighted by atomic mass is 16.3. The van der Waals surface area contributed by atoms with E-state index in [-0.39, 0.29) is 6.54 Å². The smallest absolute Gasteiger partial charge is 0.130 e. The van der Waals surface area contributed by atoms with E-state index in [1.165, 1.54) is 0 Å². The summed E-state index contributed by atoms with van der Waals surface area (Å²) in [5.74, 6) is 0. The summed E-state index contributed by atoms with van der Waals surface area (Å²) < 4.78 is 1.83. The van der Waals surface area contributed by atoms with Gasteiger partial charge in [0.15, 0.2) is 0 Å². The lowest BCUT2D eigenvalue weighted by Crippen LogP contribution is -2.35. The van der Waals surface area contributed by atoms with Crippen LogP contribution in [0.3, 0.4) is 0 Å².